The van der Waals surface area contributed by atoms with Crippen LogP contribution in [0.2, 0.25) is 0 Å². The molecule has 1 fully saturated rings. The maximum Gasteiger partial charge on any atom is 0.336 e. The number of hydrogen-bond donors (Lipinski definition) is 2. The molecule has 7 nitrogen and oxygen atoms in total. The van der Waals surface area contributed by atoms with Gasteiger partial charge in [0.05, 0.1) is 44.9 Å². The Balaban J connectivity index is 0.000000342. The van der Waals surface area contributed by atoms with E-state index in [1.807, 2.05) is 0 Å². The van der Waals surface area contributed by atoms with Crippen molar-refractivity contribution >= 4 is 29.0 Å². The first kappa shape index (κ1) is 19.9. The van der Waals surface area contributed by atoms with Crippen LogP contribution in [-0.2, 0) is 14.3 Å². The van der Waals surface area contributed by atoms with Crippen molar-refractivity contribution in [2.75, 3.05) is 33.4 Å². The number of esters is 1. The second kappa shape index (κ2) is 9.94. The van der Waals surface area contributed by atoms with Crippen molar-refractivity contribution < 1.29 is 19.6 Å². The number of allylic oxidation sites excluding steroid dienone is 1. The van der Waals surface area contributed by atoms with Crippen LogP contribution >= 0.6 is 12.2 Å². The molecule has 1 atom stereocenters. The second-order valence-electron chi connectivity index (χ2n) is 5.70. The van der Waals surface area contributed by atoms with Crippen LogP contribution < -0.4 is 10.6 Å². The molecule has 0 saturated carbocycles. The zero-order chi connectivity index (χ0) is 18.9. The molecule has 1 aromatic rings. The molecule has 1 saturated heterocycles. The van der Waals surface area contributed by atoms with E-state index in [-0.39, 0.29) is 0 Å². The summed E-state index contributed by atoms with van der Waals surface area (Å²) in [5, 5.41) is 14.5. The maximum atomic E-state index is 12.0. The van der Waals surface area contributed by atoms with E-state index in [2.05, 4.69) is 21.5 Å². The van der Waals surface area contributed by atoms with Gasteiger partial charge in [-0.2, -0.15) is 0 Å². The van der Waals surface area contributed by atoms with Crippen LogP contribution in [0.1, 0.15) is 18.4 Å². The highest BCUT2D eigenvalue weighted by atomic mass is 32.1. The average molecular weight is 374 g/mol. The van der Waals surface area contributed by atoms with Crippen molar-refractivity contribution in [3.63, 3.8) is 0 Å². The number of quaternary nitrogens is 1. The fourth-order valence-electron chi connectivity index (χ4n) is 2.76. The fourth-order valence-corrected chi connectivity index (χ4v) is 3.08. The van der Waals surface area contributed by atoms with E-state index >= 15 is 0 Å². The molecule has 2 aliphatic heterocycles. The lowest BCUT2D eigenvalue weighted by atomic mass is 9.82. The van der Waals surface area contributed by atoms with Gasteiger partial charge in [0.25, 0.3) is 0 Å². The van der Waals surface area contributed by atoms with E-state index in [1.165, 1.54) is 7.11 Å². The van der Waals surface area contributed by atoms with Gasteiger partial charge in [-0.05, 0) is 24.6 Å². The smallest absolute Gasteiger partial charge is 0.336 e. The van der Waals surface area contributed by atoms with Crippen LogP contribution in [0.15, 0.2) is 41.4 Å². The molecule has 0 aromatic carbocycles. The quantitative estimate of drug-likeness (QED) is 0.334. The maximum absolute atomic E-state index is 12.0. The Hall–Kier alpha value is -2.38. The van der Waals surface area contributed by atoms with Gasteiger partial charge in [0.2, 0.25) is 0 Å². The Morgan fingerprint density at radius 2 is 2.08 bits per heavy atom. The topological polar surface area (TPSA) is 99.4 Å². The highest BCUT2D eigenvalue weighted by Gasteiger charge is 2.34. The van der Waals surface area contributed by atoms with E-state index in [0.29, 0.717) is 21.8 Å². The Morgan fingerprint density at radius 1 is 1.42 bits per heavy atom. The number of rotatable bonds is 2. The molecule has 26 heavy (non-hydrogen) atoms. The molecule has 1 aromatic heterocycles. The third-order valence-electron chi connectivity index (χ3n) is 4.02. The number of ether oxygens (including phenoxy) is 2. The summed E-state index contributed by atoms with van der Waals surface area (Å²) in [5.74, 6) is 1.08. The molecule has 0 aliphatic carbocycles. The summed E-state index contributed by atoms with van der Waals surface area (Å²) < 4.78 is 9.86. The zero-order valence-electron chi connectivity index (χ0n) is 14.8. The summed E-state index contributed by atoms with van der Waals surface area (Å²) in [5.41, 5.74) is 2.10. The van der Waals surface area contributed by atoms with Crippen LogP contribution in [0.3, 0.4) is 0 Å². The lowest BCUT2D eigenvalue weighted by molar-refractivity contribution is -0.670. The van der Waals surface area contributed by atoms with Gasteiger partial charge in [-0.15, -0.1) is 0 Å². The molecule has 0 bridgehead atoms. The number of nitrogens with zero attached hydrogens (tertiary/aromatic N) is 2. The van der Waals surface area contributed by atoms with Gasteiger partial charge in [0.15, 0.2) is 0 Å². The number of pyridine rings is 1. The Bertz CT molecular complexity index is 727. The number of methoxy groups -OCH3 is 1. The molecule has 1 unspecified atom stereocenters. The van der Waals surface area contributed by atoms with Crippen LogP contribution in [0.4, 0.5) is 0 Å². The van der Waals surface area contributed by atoms with Crippen molar-refractivity contribution in [1.29, 1.82) is 0 Å². The molecule has 3 N–H and O–H groups in total. The lowest BCUT2D eigenvalue weighted by Gasteiger charge is -2.30. The molecule has 8 heteroatoms. The number of morpholine rings is 1. The summed E-state index contributed by atoms with van der Waals surface area (Å²) in [6.07, 6.45) is 3.22. The van der Waals surface area contributed by atoms with Gasteiger partial charge in [0, 0.05) is 23.7 Å². The standard InChI is InChI=1S/C14H12N3O2S.C4H9NO/c1-8-11(14(18)19-2)12(9-3-5-16-6-4-9)10(7-15)13(20)17-8;1-3-6-4-2-5-1/h3-6,12H,1-2H3,(H,17,20);5H,1-4H2/q-1;/p+1. The first-order chi connectivity index (χ1) is 12.6. The second-order valence-corrected chi connectivity index (χ2v) is 6.11. The number of carbonyl (C=O) groups excluding carboxylic acids is 1. The van der Waals surface area contributed by atoms with E-state index in [9.17, 15) is 10.2 Å². The van der Waals surface area contributed by atoms with Crippen molar-refractivity contribution in [2.24, 2.45) is 0 Å². The van der Waals surface area contributed by atoms with Gasteiger partial charge in [-0.1, -0.05) is 12.2 Å². The van der Waals surface area contributed by atoms with Crippen molar-refractivity contribution in [1.82, 2.24) is 10.3 Å². The number of aromatic nitrogens is 1. The summed E-state index contributed by atoms with van der Waals surface area (Å²) in [6.45, 7) is 5.93. The van der Waals surface area contributed by atoms with Crippen molar-refractivity contribution in [2.45, 2.75) is 12.8 Å². The van der Waals surface area contributed by atoms with Gasteiger partial charge in [-0.25, -0.2) is 4.79 Å². The molecular weight excluding hydrogens is 352 g/mol. The molecule has 3 rings (SSSR count). The van der Waals surface area contributed by atoms with Gasteiger partial charge >= 0.3 is 5.97 Å². The van der Waals surface area contributed by atoms with E-state index < -0.39 is 11.9 Å². The first-order valence-corrected chi connectivity index (χ1v) is 8.67. The highest BCUT2D eigenvalue weighted by Crippen LogP contribution is 2.36. The predicted octanol–water partition coefficient (Wildman–Crippen LogP) is 0.288. The largest absolute Gasteiger partial charge is 0.763 e. The first-order valence-electron chi connectivity index (χ1n) is 8.26. The van der Waals surface area contributed by atoms with Crippen molar-refractivity contribution in [3.8, 4) is 0 Å². The van der Waals surface area contributed by atoms with Crippen molar-refractivity contribution in [3.05, 3.63) is 52.3 Å². The molecule has 2 aliphatic rings. The third kappa shape index (κ3) is 4.83. The van der Waals surface area contributed by atoms with Crippen LogP contribution in [0.5, 0.6) is 0 Å². The van der Waals surface area contributed by atoms with Crippen LogP contribution in [0.25, 0.3) is 5.41 Å². The Labute approximate surface area is 158 Å². The van der Waals surface area contributed by atoms with E-state index in [0.717, 1.165) is 31.9 Å². The average Bonchev–Trinajstić information content (AvgIpc) is 2.69. The van der Waals surface area contributed by atoms with Crippen LogP contribution in [0, 0.1) is 0 Å². The number of hydrogen-bond acceptors (Lipinski definition) is 5. The van der Waals surface area contributed by atoms with E-state index in [1.54, 1.807) is 31.5 Å². The monoisotopic (exact) mass is 374 g/mol. The number of thiocarbonyl (C=S) groups is 1. The number of nitrogens with one attached hydrogen (secondary N) is 1. The normalized spacial score (nSPS) is 19.7. The molecule has 0 amide bonds. The molecular formula is C18H22N4O3S. The SMILES string of the molecule is C1COCC[NH2+]1.COC(=O)C1=C(C)NC(=S)C(=C=[N-])C1c1ccncc1. The Kier molecular flexibility index (Phi) is 7.62. The van der Waals surface area contributed by atoms with Gasteiger partial charge < -0.3 is 25.5 Å². The minimum atomic E-state index is -0.524. The predicted molar refractivity (Wildman–Crippen MR) is 102 cm³/mol. The van der Waals surface area contributed by atoms with Gasteiger partial charge in [0.1, 0.15) is 4.99 Å². The highest BCUT2D eigenvalue weighted by molar-refractivity contribution is 7.80. The molecule has 138 valence electrons. The van der Waals surface area contributed by atoms with E-state index in [4.69, 9.17) is 21.7 Å². The minimum Gasteiger partial charge on any atom is -0.763 e. The molecule has 0 radical (unpaired) electrons. The summed E-state index contributed by atoms with van der Waals surface area (Å²) >= 11 is 5.18. The minimum absolute atomic E-state index is 0.331. The summed E-state index contributed by atoms with van der Waals surface area (Å²) in [4.78, 5) is 16.3. The van der Waals surface area contributed by atoms with Crippen LogP contribution in [-0.4, -0.2) is 55.2 Å². The lowest BCUT2D eigenvalue weighted by Crippen LogP contribution is -2.87. The third-order valence-corrected chi connectivity index (χ3v) is 4.35. The molecule has 0 spiro atoms. The summed E-state index contributed by atoms with van der Waals surface area (Å²) in [6, 6.07) is 3.51. The Morgan fingerprint density at radius 3 is 2.54 bits per heavy atom. The summed E-state index contributed by atoms with van der Waals surface area (Å²) in [7, 11) is 1.31. The fraction of sp³-hybridized carbons (Fsp3) is 0.389. The molecule has 3 heterocycles. The zero-order valence-corrected chi connectivity index (χ0v) is 15.6. The van der Waals surface area contributed by atoms with Gasteiger partial charge in [-0.3, -0.25) is 10.9 Å². The number of nitrogens with two attached hydrogens (primary N) is 1. The number of carbonyl (C=O) groups is 1.